The zero-order valence-corrected chi connectivity index (χ0v) is 14.2. The summed E-state index contributed by atoms with van der Waals surface area (Å²) in [5, 5.41) is 3.58. The summed E-state index contributed by atoms with van der Waals surface area (Å²) in [6, 6.07) is 10.2. The summed E-state index contributed by atoms with van der Waals surface area (Å²) in [5.41, 5.74) is 2.23. The number of hydrogen-bond donors (Lipinski definition) is 1. The molecule has 3 nitrogen and oxygen atoms in total. The first-order valence-electron chi connectivity index (χ1n) is 7.45. The first kappa shape index (κ1) is 16.1. The van der Waals surface area contributed by atoms with E-state index in [2.05, 4.69) is 41.2 Å². The van der Waals surface area contributed by atoms with Crippen LogP contribution in [0.1, 0.15) is 43.9 Å². The lowest BCUT2D eigenvalue weighted by atomic mass is 10.00. The molecule has 0 radical (unpaired) electrons. The van der Waals surface area contributed by atoms with Gasteiger partial charge in [-0.05, 0) is 47.4 Å². The quantitative estimate of drug-likeness (QED) is 0.732. The molecule has 1 N–H and O–H groups in total. The summed E-state index contributed by atoms with van der Waals surface area (Å²) in [5.74, 6) is 0.932. The summed E-state index contributed by atoms with van der Waals surface area (Å²) >= 11 is 3.49. The molecule has 1 atom stereocenters. The van der Waals surface area contributed by atoms with E-state index >= 15 is 0 Å². The molecule has 1 aromatic heterocycles. The Labute approximate surface area is 134 Å². The van der Waals surface area contributed by atoms with Crippen molar-refractivity contribution in [1.82, 2.24) is 5.32 Å². The fourth-order valence-electron chi connectivity index (χ4n) is 2.25. The molecule has 0 bridgehead atoms. The number of hydrogen-bond acceptors (Lipinski definition) is 3. The van der Waals surface area contributed by atoms with Crippen molar-refractivity contribution in [2.75, 3.05) is 13.2 Å². The predicted molar refractivity (Wildman–Crippen MR) is 88.8 cm³/mol. The second-order valence-corrected chi connectivity index (χ2v) is 5.64. The molecule has 21 heavy (non-hydrogen) atoms. The molecular weight excluding hydrogens is 330 g/mol. The lowest BCUT2D eigenvalue weighted by Crippen LogP contribution is -2.23. The SMILES string of the molecule is CCCNC(c1ccccc1OCCC)c1ccoc1Br. The van der Waals surface area contributed by atoms with Gasteiger partial charge in [0.1, 0.15) is 5.75 Å². The zero-order valence-electron chi connectivity index (χ0n) is 12.6. The Balaban J connectivity index is 2.34. The van der Waals surface area contributed by atoms with Gasteiger partial charge < -0.3 is 14.5 Å². The number of nitrogens with one attached hydrogen (secondary N) is 1. The maximum atomic E-state index is 5.90. The van der Waals surface area contributed by atoms with Gasteiger partial charge in [-0.3, -0.25) is 0 Å². The Bertz CT molecular complexity index is 553. The highest BCUT2D eigenvalue weighted by atomic mass is 79.9. The summed E-state index contributed by atoms with van der Waals surface area (Å²) in [6.07, 6.45) is 3.77. The van der Waals surface area contributed by atoms with E-state index < -0.39 is 0 Å². The average molecular weight is 352 g/mol. The smallest absolute Gasteiger partial charge is 0.174 e. The molecule has 1 unspecified atom stereocenters. The molecule has 0 saturated heterocycles. The summed E-state index contributed by atoms with van der Waals surface area (Å²) in [7, 11) is 0. The minimum atomic E-state index is 0.0612. The maximum Gasteiger partial charge on any atom is 0.174 e. The molecule has 1 aromatic carbocycles. The van der Waals surface area contributed by atoms with Gasteiger partial charge in [-0.25, -0.2) is 0 Å². The molecule has 0 aliphatic heterocycles. The number of rotatable bonds is 8. The Morgan fingerprint density at radius 2 is 1.95 bits per heavy atom. The molecule has 0 amide bonds. The number of furan rings is 1. The first-order valence-corrected chi connectivity index (χ1v) is 8.25. The lowest BCUT2D eigenvalue weighted by Gasteiger charge is -2.21. The van der Waals surface area contributed by atoms with Gasteiger partial charge in [-0.1, -0.05) is 32.0 Å². The molecule has 0 aliphatic carbocycles. The van der Waals surface area contributed by atoms with Crippen LogP contribution in [0.2, 0.25) is 0 Å². The van der Waals surface area contributed by atoms with Crippen LogP contribution in [0.4, 0.5) is 0 Å². The van der Waals surface area contributed by atoms with Crippen molar-refractivity contribution in [2.45, 2.75) is 32.7 Å². The van der Waals surface area contributed by atoms with Gasteiger partial charge >= 0.3 is 0 Å². The normalized spacial score (nSPS) is 12.3. The third-order valence-electron chi connectivity index (χ3n) is 3.25. The van der Waals surface area contributed by atoms with Gasteiger partial charge in [0.25, 0.3) is 0 Å². The van der Waals surface area contributed by atoms with E-state index in [9.17, 15) is 0 Å². The van der Waals surface area contributed by atoms with Gasteiger partial charge in [0.05, 0.1) is 18.9 Å². The number of para-hydroxylation sites is 1. The van der Waals surface area contributed by atoms with Crippen LogP contribution < -0.4 is 10.1 Å². The van der Waals surface area contributed by atoms with Crippen molar-refractivity contribution in [3.8, 4) is 5.75 Å². The van der Waals surface area contributed by atoms with Crippen molar-refractivity contribution >= 4 is 15.9 Å². The van der Waals surface area contributed by atoms with Crippen molar-refractivity contribution in [3.63, 3.8) is 0 Å². The molecular formula is C17H22BrNO2. The topological polar surface area (TPSA) is 34.4 Å². The number of benzene rings is 1. The van der Waals surface area contributed by atoms with Gasteiger partial charge in [-0.15, -0.1) is 0 Å². The minimum Gasteiger partial charge on any atom is -0.493 e. The van der Waals surface area contributed by atoms with Gasteiger partial charge in [0, 0.05) is 11.1 Å². The molecule has 114 valence electrons. The highest BCUT2D eigenvalue weighted by Crippen LogP contribution is 2.34. The van der Waals surface area contributed by atoms with E-state index in [-0.39, 0.29) is 6.04 Å². The van der Waals surface area contributed by atoms with Crippen molar-refractivity contribution in [3.05, 3.63) is 52.4 Å². The van der Waals surface area contributed by atoms with E-state index in [1.165, 1.54) is 0 Å². The predicted octanol–water partition coefficient (Wildman–Crippen LogP) is 4.92. The highest BCUT2D eigenvalue weighted by Gasteiger charge is 2.21. The highest BCUT2D eigenvalue weighted by molar-refractivity contribution is 9.10. The average Bonchev–Trinajstić information content (AvgIpc) is 2.93. The molecule has 1 heterocycles. The third kappa shape index (κ3) is 4.11. The molecule has 2 rings (SSSR count). The van der Waals surface area contributed by atoms with Crippen LogP contribution in [0.3, 0.4) is 0 Å². The molecule has 0 fully saturated rings. The Morgan fingerprint density at radius 1 is 1.14 bits per heavy atom. The third-order valence-corrected chi connectivity index (χ3v) is 3.89. The van der Waals surface area contributed by atoms with Crippen LogP contribution >= 0.6 is 15.9 Å². The van der Waals surface area contributed by atoms with E-state index in [0.717, 1.165) is 47.5 Å². The van der Waals surface area contributed by atoms with Crippen LogP contribution in [0, 0.1) is 0 Å². The second-order valence-electron chi connectivity index (χ2n) is 4.92. The van der Waals surface area contributed by atoms with Crippen molar-refractivity contribution in [1.29, 1.82) is 0 Å². The lowest BCUT2D eigenvalue weighted by molar-refractivity contribution is 0.311. The standard InChI is InChI=1S/C17H22BrNO2/c1-3-10-19-16(14-9-12-21-17(14)18)13-7-5-6-8-15(13)20-11-4-2/h5-9,12,16,19H,3-4,10-11H2,1-2H3. The Kier molecular flexibility index (Phi) is 6.33. The number of halogens is 1. The largest absolute Gasteiger partial charge is 0.493 e. The molecule has 0 spiro atoms. The van der Waals surface area contributed by atoms with E-state index in [0.29, 0.717) is 0 Å². The summed E-state index contributed by atoms with van der Waals surface area (Å²) < 4.78 is 12.1. The van der Waals surface area contributed by atoms with Crippen LogP contribution in [0.15, 0.2) is 45.7 Å². The monoisotopic (exact) mass is 351 g/mol. The second kappa shape index (κ2) is 8.25. The fourth-order valence-corrected chi connectivity index (χ4v) is 2.72. The number of ether oxygens (including phenoxy) is 1. The van der Waals surface area contributed by atoms with Gasteiger partial charge in [0.15, 0.2) is 4.67 Å². The molecule has 0 aliphatic rings. The molecule has 0 saturated carbocycles. The molecule has 4 heteroatoms. The Morgan fingerprint density at radius 3 is 2.62 bits per heavy atom. The fraction of sp³-hybridized carbons (Fsp3) is 0.412. The van der Waals surface area contributed by atoms with Crippen LogP contribution in [-0.4, -0.2) is 13.2 Å². The Hall–Kier alpha value is -1.26. The molecule has 2 aromatic rings. The van der Waals surface area contributed by atoms with Gasteiger partial charge in [-0.2, -0.15) is 0 Å². The van der Waals surface area contributed by atoms with Crippen LogP contribution in [-0.2, 0) is 0 Å². The van der Waals surface area contributed by atoms with E-state index in [1.54, 1.807) is 6.26 Å². The van der Waals surface area contributed by atoms with Crippen molar-refractivity contribution in [2.24, 2.45) is 0 Å². The zero-order chi connectivity index (χ0) is 15.1. The van der Waals surface area contributed by atoms with Crippen LogP contribution in [0.25, 0.3) is 0 Å². The van der Waals surface area contributed by atoms with E-state index in [1.807, 2.05) is 24.3 Å². The van der Waals surface area contributed by atoms with E-state index in [4.69, 9.17) is 9.15 Å². The summed E-state index contributed by atoms with van der Waals surface area (Å²) in [6.45, 7) is 5.94. The van der Waals surface area contributed by atoms with Crippen LogP contribution in [0.5, 0.6) is 5.75 Å². The summed E-state index contributed by atoms with van der Waals surface area (Å²) in [4.78, 5) is 0. The van der Waals surface area contributed by atoms with Gasteiger partial charge in [0.2, 0.25) is 0 Å². The maximum absolute atomic E-state index is 5.90. The van der Waals surface area contributed by atoms with Crippen molar-refractivity contribution < 1.29 is 9.15 Å². The minimum absolute atomic E-state index is 0.0612. The first-order chi connectivity index (χ1) is 10.3.